The molecule has 1 aromatic heterocycles. The largest absolute Gasteiger partial charge is 0.479 e. The Kier molecular flexibility index (Phi) is 12.3. The maximum absolute atomic E-state index is 14.6. The maximum atomic E-state index is 14.6. The zero-order valence-electron chi connectivity index (χ0n) is 32.5. The van der Waals surface area contributed by atoms with E-state index < -0.39 is 71.4 Å². The van der Waals surface area contributed by atoms with Gasteiger partial charge in [0, 0.05) is 45.7 Å². The average Bonchev–Trinajstić information content (AvgIpc) is 3.72. The number of nitrogens with zero attached hydrogens (tertiary/aromatic N) is 4. The highest BCUT2D eigenvalue weighted by atomic mass is 16.6. The summed E-state index contributed by atoms with van der Waals surface area (Å²) in [7, 11) is 3.67. The highest BCUT2D eigenvalue weighted by Crippen LogP contribution is 2.45. The number of carboxylic acids is 1. The van der Waals surface area contributed by atoms with Gasteiger partial charge in [-0.15, -0.1) is 0 Å². The fraction of sp³-hybridized carbons (Fsp3) is 0.537. The molecule has 300 valence electrons. The Balaban J connectivity index is 1.22. The molecule has 4 N–H and O–H groups in total. The molecule has 1 aliphatic carbocycles. The fourth-order valence-electron chi connectivity index (χ4n) is 7.82. The number of benzene rings is 1. The summed E-state index contributed by atoms with van der Waals surface area (Å²) in [5, 5.41) is 18.6. The van der Waals surface area contributed by atoms with Gasteiger partial charge in [0.15, 0.2) is 0 Å². The van der Waals surface area contributed by atoms with Crippen LogP contribution >= 0.6 is 0 Å². The Labute approximate surface area is 327 Å². The zero-order valence-corrected chi connectivity index (χ0v) is 32.5. The molecule has 3 aliphatic heterocycles. The molecule has 2 fully saturated rings. The molecular weight excluding hydrogens is 718 g/mol. The van der Waals surface area contributed by atoms with Crippen LogP contribution in [0.5, 0.6) is 0 Å². The predicted molar refractivity (Wildman–Crippen MR) is 206 cm³/mol. The van der Waals surface area contributed by atoms with E-state index in [2.05, 4.69) is 20.9 Å². The van der Waals surface area contributed by atoms with Gasteiger partial charge in [-0.25, -0.2) is 14.6 Å². The standard InChI is InChI=1S/C41H53N7O8/c1-25(2)34(44-35(49)27-16-17-33(42-22-27)46(3)4)37(51)43-31-15-9-7-5-6-8-14-29-21-41(29,39(53)54)45-36(50)32-20-30(24-48(32)38(31)52)56-40(55)47-19-18-26-12-10-11-13-28(26)23-47/h8,10-14,16-17,22,25,29-32,34H,5-7,9,15,18-21,23-24H2,1-4H3,(H,43,51)(H,44,49)(H,45,50)(H,53,54)/b14-8-/t29-,30+,31-,32-,34+,41+/m0/s1. The quantitative estimate of drug-likeness (QED) is 0.291. The normalized spacial score (nSPS) is 26.2. The Morgan fingerprint density at radius 3 is 2.52 bits per heavy atom. The first kappa shape index (κ1) is 40.2. The SMILES string of the molecule is CC(C)[C@@H](NC(=O)c1ccc(N(C)C)nc1)C(=O)N[C@H]1CCCCC/C=C\[C@H]2C[C@@]2(C(=O)O)NC(=O)[C@@H]2C[C@@H](OC(=O)N3CCc4ccccc4C3)CN2C1=O. The summed E-state index contributed by atoms with van der Waals surface area (Å²) in [6.45, 7) is 4.26. The monoisotopic (exact) mass is 771 g/mol. The molecule has 15 heteroatoms. The summed E-state index contributed by atoms with van der Waals surface area (Å²) in [4.78, 5) is 90.9. The third-order valence-corrected chi connectivity index (χ3v) is 11.3. The minimum absolute atomic E-state index is 0.0457. The minimum Gasteiger partial charge on any atom is -0.479 e. The van der Waals surface area contributed by atoms with Crippen LogP contribution in [0, 0.1) is 11.8 Å². The van der Waals surface area contributed by atoms with Crippen LogP contribution in [0.2, 0.25) is 0 Å². The number of anilines is 1. The molecule has 2 aromatic rings. The van der Waals surface area contributed by atoms with Crippen LogP contribution in [0.15, 0.2) is 54.7 Å². The number of carboxylic acid groups (broad SMARTS) is 1. The van der Waals surface area contributed by atoms with Crippen molar-refractivity contribution in [3.8, 4) is 0 Å². The number of ether oxygens (including phenoxy) is 1. The second-order valence-corrected chi connectivity index (χ2v) is 15.9. The number of nitrogens with one attached hydrogen (secondary N) is 3. The third-order valence-electron chi connectivity index (χ3n) is 11.3. The van der Waals surface area contributed by atoms with Crippen LogP contribution < -0.4 is 20.9 Å². The molecule has 1 aromatic carbocycles. The molecule has 4 aliphatic rings. The summed E-state index contributed by atoms with van der Waals surface area (Å²) in [5.74, 6) is -3.53. The van der Waals surface area contributed by atoms with Crippen molar-refractivity contribution in [1.82, 2.24) is 30.7 Å². The lowest BCUT2D eigenvalue weighted by Gasteiger charge is -2.31. The van der Waals surface area contributed by atoms with E-state index in [4.69, 9.17) is 4.74 Å². The van der Waals surface area contributed by atoms with Crippen molar-refractivity contribution < 1.29 is 38.6 Å². The van der Waals surface area contributed by atoms with E-state index in [-0.39, 0.29) is 37.3 Å². The van der Waals surface area contributed by atoms with Gasteiger partial charge >= 0.3 is 12.1 Å². The fourth-order valence-corrected chi connectivity index (χ4v) is 7.82. The van der Waals surface area contributed by atoms with Crippen LogP contribution in [-0.4, -0.2) is 113 Å². The molecule has 56 heavy (non-hydrogen) atoms. The molecule has 5 amide bonds. The van der Waals surface area contributed by atoms with E-state index in [9.17, 15) is 33.9 Å². The van der Waals surface area contributed by atoms with Gasteiger partial charge in [0.2, 0.25) is 17.7 Å². The topological polar surface area (TPSA) is 191 Å². The molecular formula is C41H53N7O8. The van der Waals surface area contributed by atoms with E-state index in [1.807, 2.05) is 50.5 Å². The van der Waals surface area contributed by atoms with Gasteiger partial charge in [-0.05, 0) is 61.3 Å². The van der Waals surface area contributed by atoms with Crippen LogP contribution in [0.25, 0.3) is 0 Å². The second-order valence-electron chi connectivity index (χ2n) is 15.9. The first-order valence-electron chi connectivity index (χ1n) is 19.6. The molecule has 4 heterocycles. The summed E-state index contributed by atoms with van der Waals surface area (Å²) in [5.41, 5.74) is 0.946. The number of carbonyl (C=O) groups is 6. The van der Waals surface area contributed by atoms with Gasteiger partial charge in [-0.3, -0.25) is 19.2 Å². The van der Waals surface area contributed by atoms with Crippen molar-refractivity contribution >= 4 is 41.5 Å². The number of carbonyl (C=O) groups excluding carboxylic acids is 5. The molecule has 6 atom stereocenters. The molecule has 0 bridgehead atoms. The van der Waals surface area contributed by atoms with Gasteiger partial charge in [-0.2, -0.15) is 0 Å². The van der Waals surface area contributed by atoms with Crippen molar-refractivity contribution in [2.75, 3.05) is 32.1 Å². The van der Waals surface area contributed by atoms with Gasteiger partial charge in [-0.1, -0.05) is 63.1 Å². The van der Waals surface area contributed by atoms with Crippen LogP contribution in [-0.2, 0) is 36.9 Å². The maximum Gasteiger partial charge on any atom is 0.410 e. The highest BCUT2D eigenvalue weighted by molar-refractivity contribution is 5.99. The molecule has 1 saturated heterocycles. The van der Waals surface area contributed by atoms with Crippen molar-refractivity contribution in [3.05, 3.63) is 71.4 Å². The first-order chi connectivity index (χ1) is 26.8. The molecule has 0 radical (unpaired) electrons. The van der Waals surface area contributed by atoms with Gasteiger partial charge in [0.25, 0.3) is 5.91 Å². The molecule has 0 spiro atoms. The molecule has 15 nitrogen and oxygen atoms in total. The number of rotatable bonds is 8. The van der Waals surface area contributed by atoms with Crippen molar-refractivity contribution in [1.29, 1.82) is 0 Å². The first-order valence-corrected chi connectivity index (χ1v) is 19.6. The van der Waals surface area contributed by atoms with Gasteiger partial charge in [0.1, 0.15) is 35.6 Å². The minimum atomic E-state index is -1.50. The van der Waals surface area contributed by atoms with E-state index in [1.54, 1.807) is 35.8 Å². The van der Waals surface area contributed by atoms with Gasteiger partial charge in [0.05, 0.1) is 12.1 Å². The zero-order chi connectivity index (χ0) is 40.1. The van der Waals surface area contributed by atoms with Crippen LogP contribution in [0.1, 0.15) is 80.3 Å². The number of allylic oxidation sites excluding steroid dienone is 1. The lowest BCUT2D eigenvalue weighted by atomic mass is 10.0. The summed E-state index contributed by atoms with van der Waals surface area (Å²) in [6.07, 6.45) is 7.66. The van der Waals surface area contributed by atoms with Crippen molar-refractivity contribution in [2.24, 2.45) is 11.8 Å². The summed E-state index contributed by atoms with van der Waals surface area (Å²) >= 11 is 0. The number of pyridine rings is 1. The third kappa shape index (κ3) is 8.97. The van der Waals surface area contributed by atoms with Crippen LogP contribution in [0.4, 0.5) is 10.6 Å². The number of amides is 5. The number of hydrogen-bond donors (Lipinski definition) is 4. The van der Waals surface area contributed by atoms with E-state index >= 15 is 0 Å². The Hall–Kier alpha value is -5.47. The number of hydrogen-bond acceptors (Lipinski definition) is 9. The Bertz CT molecular complexity index is 1850. The van der Waals surface area contributed by atoms with E-state index in [0.717, 1.165) is 24.0 Å². The second kappa shape index (κ2) is 17.1. The van der Waals surface area contributed by atoms with E-state index in [1.165, 1.54) is 11.1 Å². The Morgan fingerprint density at radius 1 is 1.05 bits per heavy atom. The Morgan fingerprint density at radius 2 is 1.82 bits per heavy atom. The molecule has 0 unspecified atom stereocenters. The number of aliphatic carboxylic acids is 1. The summed E-state index contributed by atoms with van der Waals surface area (Å²) in [6, 6.07) is 7.95. The number of aromatic nitrogens is 1. The molecule has 1 saturated carbocycles. The predicted octanol–water partition coefficient (Wildman–Crippen LogP) is 3.03. The lowest BCUT2D eigenvalue weighted by molar-refractivity contribution is -0.146. The van der Waals surface area contributed by atoms with E-state index in [0.29, 0.717) is 38.2 Å². The van der Waals surface area contributed by atoms with Crippen LogP contribution in [0.3, 0.4) is 0 Å². The smallest absolute Gasteiger partial charge is 0.410 e. The number of fused-ring (bicyclic) bond motifs is 3. The van der Waals surface area contributed by atoms with Gasteiger partial charge < -0.3 is 40.5 Å². The average molecular weight is 772 g/mol. The van der Waals surface area contributed by atoms with Crippen molar-refractivity contribution in [2.45, 2.75) is 102 Å². The summed E-state index contributed by atoms with van der Waals surface area (Å²) < 4.78 is 5.95. The van der Waals surface area contributed by atoms with Crippen molar-refractivity contribution in [3.63, 3.8) is 0 Å². The molecule has 6 rings (SSSR count). The highest BCUT2D eigenvalue weighted by Gasteiger charge is 2.61. The lowest BCUT2D eigenvalue weighted by Crippen LogP contribution is -2.58.